The average Bonchev–Trinajstić information content (AvgIpc) is 3.32. The Balaban J connectivity index is 1.42. The summed E-state index contributed by atoms with van der Waals surface area (Å²) in [7, 11) is 1.62. The number of aromatic nitrogens is 3. The Morgan fingerprint density at radius 3 is 2.82 bits per heavy atom. The van der Waals surface area contributed by atoms with Crippen molar-refractivity contribution in [2.45, 2.75) is 18.9 Å². The van der Waals surface area contributed by atoms with E-state index < -0.39 is 0 Å². The number of methoxy groups -OCH3 is 1. The van der Waals surface area contributed by atoms with E-state index in [1.807, 2.05) is 47.1 Å². The fourth-order valence-electron chi connectivity index (χ4n) is 4.16. The van der Waals surface area contributed by atoms with Crippen LogP contribution in [-0.4, -0.2) is 51.5 Å². The zero-order chi connectivity index (χ0) is 22.8. The van der Waals surface area contributed by atoms with Crippen molar-refractivity contribution in [2.75, 3.05) is 25.5 Å². The predicted molar refractivity (Wildman–Crippen MR) is 127 cm³/mol. The van der Waals surface area contributed by atoms with E-state index in [4.69, 9.17) is 9.47 Å². The van der Waals surface area contributed by atoms with Gasteiger partial charge in [-0.25, -0.2) is 9.97 Å². The normalized spacial score (nSPS) is 14.4. The number of piperidine rings is 1. The minimum atomic E-state index is -0.0392. The molecule has 1 amide bonds. The van der Waals surface area contributed by atoms with Crippen molar-refractivity contribution in [2.24, 2.45) is 0 Å². The molecule has 8 nitrogen and oxygen atoms in total. The van der Waals surface area contributed by atoms with Gasteiger partial charge in [0.2, 0.25) is 5.91 Å². The molecule has 0 bridgehead atoms. The first-order chi connectivity index (χ1) is 16.1. The van der Waals surface area contributed by atoms with Crippen LogP contribution in [0.1, 0.15) is 12.8 Å². The molecule has 0 saturated carbocycles. The van der Waals surface area contributed by atoms with E-state index in [0.717, 1.165) is 34.9 Å². The number of nitrogens with one attached hydrogen (secondary N) is 1. The number of carbonyl (C=O) groups is 1. The number of likely N-dealkylation sites (tertiary alicyclic amines) is 1. The number of carbonyl (C=O) groups excluding carboxylic acids is 1. The first-order valence-electron chi connectivity index (χ1n) is 10.9. The molecule has 5 rings (SSSR count). The largest absolute Gasteiger partial charge is 0.493 e. The van der Waals surface area contributed by atoms with Crippen LogP contribution in [-0.2, 0) is 4.79 Å². The van der Waals surface area contributed by atoms with E-state index in [1.54, 1.807) is 12.0 Å². The van der Waals surface area contributed by atoms with Crippen molar-refractivity contribution in [3.8, 4) is 11.5 Å². The third kappa shape index (κ3) is 4.19. The third-order valence-corrected chi connectivity index (χ3v) is 5.93. The second-order valence-corrected chi connectivity index (χ2v) is 7.97. The lowest BCUT2D eigenvalue weighted by Gasteiger charge is -2.31. The van der Waals surface area contributed by atoms with Gasteiger partial charge in [0, 0.05) is 55.3 Å². The molecule has 1 aromatic carbocycles. The Labute approximate surface area is 191 Å². The van der Waals surface area contributed by atoms with E-state index in [0.29, 0.717) is 30.4 Å². The van der Waals surface area contributed by atoms with Crippen molar-refractivity contribution in [3.63, 3.8) is 0 Å². The SMILES string of the molecule is C=CC(=O)N1CCC(Oc2cc3c(Nc4ccc5cccn5c4)ncnc3cc2OC)CC1. The van der Waals surface area contributed by atoms with Crippen LogP contribution in [0, 0.1) is 0 Å². The highest BCUT2D eigenvalue weighted by molar-refractivity contribution is 5.93. The first-order valence-corrected chi connectivity index (χ1v) is 10.9. The number of benzene rings is 1. The molecule has 4 heterocycles. The number of fused-ring (bicyclic) bond motifs is 2. The molecule has 168 valence electrons. The van der Waals surface area contributed by atoms with Gasteiger partial charge in [0.05, 0.1) is 18.3 Å². The topological polar surface area (TPSA) is 81.0 Å². The molecule has 4 aromatic rings. The summed E-state index contributed by atoms with van der Waals surface area (Å²) in [6, 6.07) is 11.9. The lowest BCUT2D eigenvalue weighted by molar-refractivity contribution is -0.127. The van der Waals surface area contributed by atoms with Crippen molar-refractivity contribution in [1.29, 1.82) is 0 Å². The zero-order valence-electron chi connectivity index (χ0n) is 18.4. The molecule has 33 heavy (non-hydrogen) atoms. The molecule has 0 aliphatic carbocycles. The van der Waals surface area contributed by atoms with Gasteiger partial charge in [0.15, 0.2) is 11.5 Å². The summed E-state index contributed by atoms with van der Waals surface area (Å²) in [6.07, 6.45) is 8.39. The van der Waals surface area contributed by atoms with Crippen LogP contribution >= 0.6 is 0 Å². The fourth-order valence-corrected chi connectivity index (χ4v) is 4.16. The Morgan fingerprint density at radius 1 is 1.18 bits per heavy atom. The molecule has 1 fully saturated rings. The number of hydrogen-bond acceptors (Lipinski definition) is 6. The summed E-state index contributed by atoms with van der Waals surface area (Å²) >= 11 is 0. The molecule has 1 N–H and O–H groups in total. The number of anilines is 2. The zero-order valence-corrected chi connectivity index (χ0v) is 18.4. The van der Waals surface area contributed by atoms with Crippen LogP contribution in [0.25, 0.3) is 16.4 Å². The van der Waals surface area contributed by atoms with Crippen molar-refractivity contribution < 1.29 is 14.3 Å². The third-order valence-electron chi connectivity index (χ3n) is 5.93. The minimum Gasteiger partial charge on any atom is -0.493 e. The van der Waals surface area contributed by atoms with Gasteiger partial charge in [-0.15, -0.1) is 0 Å². The molecule has 0 radical (unpaired) electrons. The van der Waals surface area contributed by atoms with Gasteiger partial charge in [-0.3, -0.25) is 4.79 Å². The van der Waals surface area contributed by atoms with Crippen molar-refractivity contribution in [3.05, 3.63) is 67.8 Å². The second kappa shape index (κ2) is 8.82. The van der Waals surface area contributed by atoms with Gasteiger partial charge in [-0.2, -0.15) is 0 Å². The summed E-state index contributed by atoms with van der Waals surface area (Å²) in [6.45, 7) is 4.85. The summed E-state index contributed by atoms with van der Waals surface area (Å²) < 4.78 is 14.0. The van der Waals surface area contributed by atoms with Gasteiger partial charge in [-0.05, 0) is 36.4 Å². The van der Waals surface area contributed by atoms with E-state index in [-0.39, 0.29) is 12.0 Å². The van der Waals surface area contributed by atoms with Crippen LogP contribution in [0.15, 0.2) is 67.8 Å². The monoisotopic (exact) mass is 443 g/mol. The van der Waals surface area contributed by atoms with Gasteiger partial charge < -0.3 is 24.1 Å². The average molecular weight is 444 g/mol. The number of amides is 1. The standard InChI is InChI=1S/C25H25N5O3/c1-3-24(31)29-11-8-19(9-12-29)33-23-13-20-21(14-22(23)32-2)26-16-27-25(20)28-17-6-7-18-5-4-10-30(18)15-17/h3-7,10,13-16,19H,1,8-9,11-12H2,2H3,(H,26,27,28). The number of rotatable bonds is 6. The quantitative estimate of drug-likeness (QED) is 0.450. The number of ether oxygens (including phenoxy) is 2. The molecular formula is C25H25N5O3. The van der Waals surface area contributed by atoms with Gasteiger partial charge >= 0.3 is 0 Å². The lowest BCUT2D eigenvalue weighted by Crippen LogP contribution is -2.41. The van der Waals surface area contributed by atoms with Crippen LogP contribution in [0.3, 0.4) is 0 Å². The van der Waals surface area contributed by atoms with Gasteiger partial charge in [0.25, 0.3) is 0 Å². The summed E-state index contributed by atoms with van der Waals surface area (Å²) in [5.41, 5.74) is 2.79. The molecule has 1 aliphatic heterocycles. The Hall–Kier alpha value is -4.07. The molecule has 0 spiro atoms. The summed E-state index contributed by atoms with van der Waals surface area (Å²) in [5.74, 6) is 1.90. The molecule has 1 aliphatic rings. The number of nitrogens with zero attached hydrogens (tertiary/aromatic N) is 4. The van der Waals surface area contributed by atoms with Crippen molar-refractivity contribution >= 4 is 33.8 Å². The maximum absolute atomic E-state index is 11.8. The highest BCUT2D eigenvalue weighted by atomic mass is 16.5. The minimum absolute atomic E-state index is 0.0117. The highest BCUT2D eigenvalue weighted by Gasteiger charge is 2.24. The molecule has 1 saturated heterocycles. The lowest BCUT2D eigenvalue weighted by atomic mass is 10.1. The maximum atomic E-state index is 11.8. The van der Waals surface area contributed by atoms with Crippen LogP contribution in [0.5, 0.6) is 11.5 Å². The van der Waals surface area contributed by atoms with Gasteiger partial charge in [-0.1, -0.05) is 6.58 Å². The maximum Gasteiger partial charge on any atom is 0.245 e. The predicted octanol–water partition coefficient (Wildman–Crippen LogP) is 4.19. The highest BCUT2D eigenvalue weighted by Crippen LogP contribution is 2.36. The van der Waals surface area contributed by atoms with Crippen LogP contribution in [0.4, 0.5) is 11.5 Å². The Morgan fingerprint density at radius 2 is 2.03 bits per heavy atom. The Bertz CT molecular complexity index is 1320. The van der Waals surface area contributed by atoms with E-state index in [1.165, 1.54) is 12.4 Å². The summed E-state index contributed by atoms with van der Waals surface area (Å²) in [4.78, 5) is 22.5. The van der Waals surface area contributed by atoms with Crippen LogP contribution < -0.4 is 14.8 Å². The van der Waals surface area contributed by atoms with E-state index >= 15 is 0 Å². The number of pyridine rings is 1. The smallest absolute Gasteiger partial charge is 0.245 e. The van der Waals surface area contributed by atoms with E-state index in [9.17, 15) is 4.79 Å². The van der Waals surface area contributed by atoms with Crippen molar-refractivity contribution in [1.82, 2.24) is 19.3 Å². The molecule has 0 unspecified atom stereocenters. The molecule has 0 atom stereocenters. The number of hydrogen-bond donors (Lipinski definition) is 1. The first kappa shape index (κ1) is 20.8. The fraction of sp³-hybridized carbons (Fsp3) is 0.240. The van der Waals surface area contributed by atoms with E-state index in [2.05, 4.69) is 27.9 Å². The van der Waals surface area contributed by atoms with Crippen LogP contribution in [0.2, 0.25) is 0 Å². The molecule has 3 aromatic heterocycles. The molecular weight excluding hydrogens is 418 g/mol. The summed E-state index contributed by atoms with van der Waals surface area (Å²) in [5, 5.41) is 4.23. The van der Waals surface area contributed by atoms with Gasteiger partial charge in [0.1, 0.15) is 18.2 Å². The Kier molecular flexibility index (Phi) is 5.56. The second-order valence-electron chi connectivity index (χ2n) is 7.97. The molecule has 8 heteroatoms.